The second-order valence-corrected chi connectivity index (χ2v) is 6.57. The highest BCUT2D eigenvalue weighted by Crippen LogP contribution is 2.27. The summed E-state index contributed by atoms with van der Waals surface area (Å²) >= 11 is 0. The maximum absolute atomic E-state index is 12.4. The van der Waals surface area contributed by atoms with Gasteiger partial charge in [-0.3, -0.25) is 4.79 Å². The molecule has 0 radical (unpaired) electrons. The molecule has 0 bridgehead atoms. The van der Waals surface area contributed by atoms with E-state index in [1.54, 1.807) is 26.6 Å². The van der Waals surface area contributed by atoms with Crippen LogP contribution < -0.4 is 14.8 Å². The zero-order chi connectivity index (χ0) is 22.1. The lowest BCUT2D eigenvalue weighted by molar-refractivity contribution is -0.117. The van der Waals surface area contributed by atoms with Gasteiger partial charge in [-0.1, -0.05) is 36.4 Å². The van der Waals surface area contributed by atoms with E-state index >= 15 is 0 Å². The van der Waals surface area contributed by atoms with Crippen LogP contribution in [0.2, 0.25) is 0 Å². The Balaban J connectivity index is 1.61. The summed E-state index contributed by atoms with van der Waals surface area (Å²) in [6.45, 7) is 0.372. The predicted octanol–water partition coefficient (Wildman–Crippen LogP) is 3.43. The molecule has 0 fully saturated rings. The lowest BCUT2D eigenvalue weighted by Gasteiger charge is -2.10. The number of nitriles is 1. The van der Waals surface area contributed by atoms with Crippen LogP contribution in [0.1, 0.15) is 11.1 Å². The third-order valence-corrected chi connectivity index (χ3v) is 4.53. The summed E-state index contributed by atoms with van der Waals surface area (Å²) in [7, 11) is 3.15. The van der Waals surface area contributed by atoms with E-state index in [2.05, 4.69) is 15.3 Å². The van der Waals surface area contributed by atoms with Gasteiger partial charge in [0.1, 0.15) is 11.6 Å². The Morgan fingerprint density at radius 3 is 2.42 bits per heavy atom. The molecule has 0 spiro atoms. The quantitative estimate of drug-likeness (QED) is 0.448. The summed E-state index contributed by atoms with van der Waals surface area (Å²) < 4.78 is 10.5. The van der Waals surface area contributed by atoms with Gasteiger partial charge in [-0.15, -0.1) is 0 Å². The minimum absolute atomic E-state index is 0.0108. The molecule has 0 aliphatic rings. The van der Waals surface area contributed by atoms with Crippen molar-refractivity contribution in [3.8, 4) is 29.0 Å². The molecule has 3 rings (SSSR count). The van der Waals surface area contributed by atoms with Crippen LogP contribution in [-0.2, 0) is 11.2 Å². The summed E-state index contributed by atoms with van der Waals surface area (Å²) in [5.41, 5.74) is 2.44. The molecule has 0 unspecified atom stereocenters. The zero-order valence-electron chi connectivity index (χ0n) is 17.3. The maximum atomic E-state index is 12.4. The molecule has 1 aromatic heterocycles. The van der Waals surface area contributed by atoms with Crippen LogP contribution >= 0.6 is 0 Å². The third-order valence-electron chi connectivity index (χ3n) is 4.53. The van der Waals surface area contributed by atoms with E-state index in [0.717, 1.165) is 11.1 Å². The van der Waals surface area contributed by atoms with Crippen molar-refractivity contribution in [2.75, 3.05) is 20.8 Å². The van der Waals surface area contributed by atoms with Crippen molar-refractivity contribution in [3.63, 3.8) is 0 Å². The number of ether oxygens (including phenoxy) is 2. The molecule has 7 nitrogen and oxygen atoms in total. The summed E-state index contributed by atoms with van der Waals surface area (Å²) in [6, 6.07) is 17.1. The number of carbonyl (C=O) groups is 1. The average molecular weight is 414 g/mol. The standard InChI is InChI=1S/C24H22N4O3/c1-30-21-9-8-17(13-22(21)31-2)10-11-26-24(29)20(14-25)12-18-15-27-23(28-16-18)19-6-4-3-5-7-19/h3-9,12-13,15-16H,10-11H2,1-2H3,(H,26,29). The van der Waals surface area contributed by atoms with Gasteiger partial charge >= 0.3 is 0 Å². The van der Waals surface area contributed by atoms with E-state index < -0.39 is 5.91 Å². The number of carbonyl (C=O) groups excluding carboxylic acids is 1. The number of hydrogen-bond acceptors (Lipinski definition) is 6. The molecular weight excluding hydrogens is 392 g/mol. The van der Waals surface area contributed by atoms with E-state index in [1.807, 2.05) is 54.6 Å². The average Bonchev–Trinajstić information content (AvgIpc) is 2.83. The Hall–Kier alpha value is -4.18. The fourth-order valence-electron chi connectivity index (χ4n) is 2.92. The largest absolute Gasteiger partial charge is 0.493 e. The number of hydrogen-bond donors (Lipinski definition) is 1. The van der Waals surface area contributed by atoms with Crippen molar-refractivity contribution in [2.45, 2.75) is 6.42 Å². The number of methoxy groups -OCH3 is 2. The first kappa shape index (κ1) is 21.5. The normalized spacial score (nSPS) is 10.8. The van der Waals surface area contributed by atoms with E-state index in [4.69, 9.17) is 9.47 Å². The minimum atomic E-state index is -0.449. The fourth-order valence-corrected chi connectivity index (χ4v) is 2.92. The van der Waals surface area contributed by atoms with Crippen molar-refractivity contribution in [3.05, 3.63) is 77.6 Å². The minimum Gasteiger partial charge on any atom is -0.493 e. The molecule has 0 saturated carbocycles. The lowest BCUT2D eigenvalue weighted by Crippen LogP contribution is -2.26. The van der Waals surface area contributed by atoms with Crippen molar-refractivity contribution < 1.29 is 14.3 Å². The fraction of sp³-hybridized carbons (Fsp3) is 0.167. The molecular formula is C24H22N4O3. The number of amides is 1. The van der Waals surface area contributed by atoms with Gasteiger partial charge < -0.3 is 14.8 Å². The lowest BCUT2D eigenvalue weighted by atomic mass is 10.1. The van der Waals surface area contributed by atoms with Crippen LogP contribution in [-0.4, -0.2) is 36.6 Å². The second kappa shape index (κ2) is 10.6. The van der Waals surface area contributed by atoms with Crippen LogP contribution in [0.15, 0.2) is 66.5 Å². The molecule has 1 heterocycles. The summed E-state index contributed by atoms with van der Waals surface area (Å²) in [4.78, 5) is 21.0. The second-order valence-electron chi connectivity index (χ2n) is 6.57. The van der Waals surface area contributed by atoms with Crippen LogP contribution in [0.3, 0.4) is 0 Å². The van der Waals surface area contributed by atoms with Gasteiger partial charge in [0.15, 0.2) is 17.3 Å². The van der Waals surface area contributed by atoms with Gasteiger partial charge in [0, 0.05) is 30.1 Å². The molecule has 3 aromatic rings. The molecule has 2 aromatic carbocycles. The van der Waals surface area contributed by atoms with E-state index in [-0.39, 0.29) is 5.57 Å². The molecule has 7 heteroatoms. The Morgan fingerprint density at radius 1 is 1.06 bits per heavy atom. The van der Waals surface area contributed by atoms with Crippen LogP contribution in [0.5, 0.6) is 11.5 Å². The van der Waals surface area contributed by atoms with E-state index in [0.29, 0.717) is 35.9 Å². The zero-order valence-corrected chi connectivity index (χ0v) is 17.3. The smallest absolute Gasteiger partial charge is 0.261 e. The Kier molecular flexibility index (Phi) is 7.33. The molecule has 31 heavy (non-hydrogen) atoms. The molecule has 1 amide bonds. The Labute approximate surface area is 181 Å². The number of rotatable bonds is 8. The predicted molar refractivity (Wildman–Crippen MR) is 117 cm³/mol. The number of nitrogens with one attached hydrogen (secondary N) is 1. The van der Waals surface area contributed by atoms with E-state index in [1.165, 1.54) is 6.08 Å². The Bertz CT molecular complexity index is 1100. The van der Waals surface area contributed by atoms with E-state index in [9.17, 15) is 10.1 Å². The van der Waals surface area contributed by atoms with Gasteiger partial charge in [0.25, 0.3) is 5.91 Å². The van der Waals surface area contributed by atoms with Gasteiger partial charge in [0.05, 0.1) is 14.2 Å². The number of aromatic nitrogens is 2. The highest BCUT2D eigenvalue weighted by Gasteiger charge is 2.10. The first-order valence-electron chi connectivity index (χ1n) is 9.63. The van der Waals surface area contributed by atoms with Crippen molar-refractivity contribution in [1.29, 1.82) is 5.26 Å². The van der Waals surface area contributed by atoms with Crippen LogP contribution in [0, 0.1) is 11.3 Å². The van der Waals surface area contributed by atoms with Gasteiger partial charge in [-0.25, -0.2) is 9.97 Å². The van der Waals surface area contributed by atoms with Gasteiger partial charge in [-0.05, 0) is 30.2 Å². The monoisotopic (exact) mass is 414 g/mol. The molecule has 1 N–H and O–H groups in total. The highest BCUT2D eigenvalue weighted by molar-refractivity contribution is 6.01. The molecule has 156 valence electrons. The van der Waals surface area contributed by atoms with Crippen molar-refractivity contribution >= 4 is 12.0 Å². The molecule has 0 aliphatic heterocycles. The van der Waals surface area contributed by atoms with Gasteiger partial charge in [0.2, 0.25) is 0 Å². The highest BCUT2D eigenvalue weighted by atomic mass is 16.5. The molecule has 0 saturated heterocycles. The first-order chi connectivity index (χ1) is 15.1. The molecule has 0 aliphatic carbocycles. The number of nitrogens with zero attached hydrogens (tertiary/aromatic N) is 3. The van der Waals surface area contributed by atoms with Gasteiger partial charge in [-0.2, -0.15) is 5.26 Å². The first-order valence-corrected chi connectivity index (χ1v) is 9.63. The molecule has 0 atom stereocenters. The SMILES string of the molecule is COc1ccc(CCNC(=O)C(C#N)=Cc2cnc(-c3ccccc3)nc2)cc1OC. The van der Waals surface area contributed by atoms with Crippen LogP contribution in [0.4, 0.5) is 0 Å². The van der Waals surface area contributed by atoms with Crippen molar-refractivity contribution in [1.82, 2.24) is 15.3 Å². The van der Waals surface area contributed by atoms with Crippen molar-refractivity contribution in [2.24, 2.45) is 0 Å². The number of benzene rings is 2. The summed E-state index contributed by atoms with van der Waals surface area (Å²) in [5, 5.41) is 12.1. The third kappa shape index (κ3) is 5.67. The Morgan fingerprint density at radius 2 is 1.77 bits per heavy atom. The topological polar surface area (TPSA) is 97.1 Å². The summed E-state index contributed by atoms with van der Waals surface area (Å²) in [6.07, 6.45) is 5.23. The van der Waals surface area contributed by atoms with Crippen LogP contribution in [0.25, 0.3) is 17.5 Å². The summed E-state index contributed by atoms with van der Waals surface area (Å²) in [5.74, 6) is 1.40. The maximum Gasteiger partial charge on any atom is 0.261 e.